The SMILES string of the molecule is O=C(NCCNc1ncnc2nc[nH]c12)c1c(F)cccc1F. The fraction of sp³-hybridized carbons (Fsp3) is 0.143. The van der Waals surface area contributed by atoms with Crippen LogP contribution in [0.25, 0.3) is 11.2 Å². The van der Waals surface area contributed by atoms with Gasteiger partial charge in [-0.25, -0.2) is 23.7 Å². The molecular weight excluding hydrogens is 306 g/mol. The Morgan fingerprint density at radius 2 is 1.91 bits per heavy atom. The fourth-order valence-electron chi connectivity index (χ4n) is 2.06. The molecule has 23 heavy (non-hydrogen) atoms. The normalized spacial score (nSPS) is 10.7. The predicted octanol–water partition coefficient (Wildman–Crippen LogP) is 1.47. The van der Waals surface area contributed by atoms with Crippen LogP contribution in [0.15, 0.2) is 30.9 Å². The van der Waals surface area contributed by atoms with Gasteiger partial charge in [-0.15, -0.1) is 0 Å². The Balaban J connectivity index is 1.58. The van der Waals surface area contributed by atoms with Crippen LogP contribution in [-0.4, -0.2) is 38.9 Å². The highest BCUT2D eigenvalue weighted by Gasteiger charge is 2.16. The molecule has 0 fully saturated rings. The standard InChI is InChI=1S/C14H12F2N6O/c15-8-2-1-3-9(16)10(8)14(23)18-5-4-17-12-11-13(20-6-19-11)22-7-21-12/h1-3,6-7H,4-5H2,(H,18,23)(H2,17,19,20,21,22). The first-order chi connectivity index (χ1) is 11.2. The minimum absolute atomic E-state index is 0.159. The van der Waals surface area contributed by atoms with Crippen LogP contribution in [-0.2, 0) is 0 Å². The Labute approximate surface area is 129 Å². The molecule has 0 unspecified atom stereocenters. The lowest BCUT2D eigenvalue weighted by Crippen LogP contribution is -2.30. The van der Waals surface area contributed by atoms with Crippen molar-refractivity contribution in [3.63, 3.8) is 0 Å². The zero-order valence-electron chi connectivity index (χ0n) is 11.8. The highest BCUT2D eigenvalue weighted by atomic mass is 19.1. The Hall–Kier alpha value is -3.10. The topological polar surface area (TPSA) is 95.6 Å². The average Bonchev–Trinajstić information content (AvgIpc) is 3.00. The van der Waals surface area contributed by atoms with Crippen molar-refractivity contribution >= 4 is 22.9 Å². The number of halogens is 2. The molecule has 0 atom stereocenters. The molecule has 3 rings (SSSR count). The van der Waals surface area contributed by atoms with Gasteiger partial charge in [0.1, 0.15) is 29.0 Å². The number of amides is 1. The van der Waals surface area contributed by atoms with Crippen LogP contribution in [0.1, 0.15) is 10.4 Å². The van der Waals surface area contributed by atoms with E-state index in [0.29, 0.717) is 23.5 Å². The molecule has 3 N–H and O–H groups in total. The van der Waals surface area contributed by atoms with Gasteiger partial charge in [0.15, 0.2) is 11.5 Å². The molecule has 3 aromatic rings. The summed E-state index contributed by atoms with van der Waals surface area (Å²) in [5.41, 5.74) is 0.560. The van der Waals surface area contributed by atoms with E-state index in [1.54, 1.807) is 0 Å². The molecule has 118 valence electrons. The molecule has 2 aromatic heterocycles. The third-order valence-corrected chi connectivity index (χ3v) is 3.12. The summed E-state index contributed by atoms with van der Waals surface area (Å²) in [5.74, 6) is -2.08. The number of aromatic amines is 1. The number of fused-ring (bicyclic) bond motifs is 1. The first kappa shape index (κ1) is 14.8. The number of hydrogen-bond acceptors (Lipinski definition) is 5. The van der Waals surface area contributed by atoms with Gasteiger partial charge in [0, 0.05) is 13.1 Å². The van der Waals surface area contributed by atoms with Crippen molar-refractivity contribution in [2.45, 2.75) is 0 Å². The van der Waals surface area contributed by atoms with Crippen LogP contribution in [0.5, 0.6) is 0 Å². The summed E-state index contributed by atoms with van der Waals surface area (Å²) in [6.45, 7) is 0.471. The van der Waals surface area contributed by atoms with Gasteiger partial charge in [-0.1, -0.05) is 6.07 Å². The number of rotatable bonds is 5. The third-order valence-electron chi connectivity index (χ3n) is 3.12. The number of imidazole rings is 1. The van der Waals surface area contributed by atoms with Crippen LogP contribution in [0.3, 0.4) is 0 Å². The Kier molecular flexibility index (Phi) is 4.09. The van der Waals surface area contributed by atoms with Gasteiger partial charge in [0.2, 0.25) is 0 Å². The lowest BCUT2D eigenvalue weighted by Gasteiger charge is -2.08. The van der Waals surface area contributed by atoms with Crippen molar-refractivity contribution < 1.29 is 13.6 Å². The summed E-state index contributed by atoms with van der Waals surface area (Å²) >= 11 is 0. The molecule has 0 bridgehead atoms. The van der Waals surface area contributed by atoms with Crippen LogP contribution < -0.4 is 10.6 Å². The second-order valence-corrected chi connectivity index (χ2v) is 4.60. The minimum Gasteiger partial charge on any atom is -0.366 e. The summed E-state index contributed by atoms with van der Waals surface area (Å²) in [5, 5.41) is 5.43. The van der Waals surface area contributed by atoms with E-state index >= 15 is 0 Å². The molecule has 0 saturated carbocycles. The van der Waals surface area contributed by atoms with Crippen molar-refractivity contribution in [1.82, 2.24) is 25.3 Å². The maximum Gasteiger partial charge on any atom is 0.257 e. The molecule has 0 aliphatic carbocycles. The number of hydrogen-bond donors (Lipinski definition) is 3. The zero-order valence-corrected chi connectivity index (χ0v) is 11.8. The van der Waals surface area contributed by atoms with Gasteiger partial charge in [-0.2, -0.15) is 0 Å². The van der Waals surface area contributed by atoms with Crippen LogP contribution >= 0.6 is 0 Å². The predicted molar refractivity (Wildman–Crippen MR) is 78.9 cm³/mol. The minimum atomic E-state index is -0.898. The number of nitrogens with zero attached hydrogens (tertiary/aromatic N) is 3. The number of carbonyl (C=O) groups is 1. The highest BCUT2D eigenvalue weighted by Crippen LogP contribution is 2.14. The van der Waals surface area contributed by atoms with Gasteiger partial charge in [-0.05, 0) is 12.1 Å². The van der Waals surface area contributed by atoms with E-state index < -0.39 is 23.1 Å². The van der Waals surface area contributed by atoms with E-state index in [1.807, 2.05) is 0 Å². The van der Waals surface area contributed by atoms with E-state index in [1.165, 1.54) is 18.7 Å². The molecule has 9 heteroatoms. The lowest BCUT2D eigenvalue weighted by molar-refractivity contribution is 0.0946. The number of benzene rings is 1. The number of carbonyl (C=O) groups excluding carboxylic acids is 1. The molecule has 0 aliphatic rings. The summed E-state index contributed by atoms with van der Waals surface area (Å²) in [6, 6.07) is 3.27. The Bertz CT molecular complexity index is 830. The zero-order chi connectivity index (χ0) is 16.2. The Morgan fingerprint density at radius 3 is 2.70 bits per heavy atom. The highest BCUT2D eigenvalue weighted by molar-refractivity contribution is 5.94. The first-order valence-electron chi connectivity index (χ1n) is 6.77. The monoisotopic (exact) mass is 318 g/mol. The van der Waals surface area contributed by atoms with Gasteiger partial charge in [0.05, 0.1) is 6.33 Å². The number of aromatic nitrogens is 4. The molecule has 2 heterocycles. The quantitative estimate of drug-likeness (QED) is 0.619. The molecule has 1 aromatic carbocycles. The van der Waals surface area contributed by atoms with Gasteiger partial charge < -0.3 is 15.6 Å². The maximum atomic E-state index is 13.5. The van der Waals surface area contributed by atoms with Crippen LogP contribution in [0.4, 0.5) is 14.6 Å². The second-order valence-electron chi connectivity index (χ2n) is 4.60. The first-order valence-corrected chi connectivity index (χ1v) is 6.77. The van der Waals surface area contributed by atoms with Gasteiger partial charge in [-0.3, -0.25) is 4.79 Å². The van der Waals surface area contributed by atoms with E-state index in [2.05, 4.69) is 30.6 Å². The lowest BCUT2D eigenvalue weighted by atomic mass is 10.2. The molecule has 0 spiro atoms. The fourth-order valence-corrected chi connectivity index (χ4v) is 2.06. The largest absolute Gasteiger partial charge is 0.366 e. The third kappa shape index (κ3) is 3.07. The van der Waals surface area contributed by atoms with Crippen molar-refractivity contribution in [3.8, 4) is 0 Å². The smallest absolute Gasteiger partial charge is 0.257 e. The molecular formula is C14H12F2N6O. The maximum absolute atomic E-state index is 13.5. The van der Waals surface area contributed by atoms with Crippen molar-refractivity contribution in [2.24, 2.45) is 0 Å². The number of nitrogens with one attached hydrogen (secondary N) is 3. The van der Waals surface area contributed by atoms with E-state index in [-0.39, 0.29) is 6.54 Å². The molecule has 0 radical (unpaired) electrons. The molecule has 0 saturated heterocycles. The Morgan fingerprint density at radius 1 is 1.13 bits per heavy atom. The molecule has 1 amide bonds. The van der Waals surface area contributed by atoms with Crippen LogP contribution in [0, 0.1) is 11.6 Å². The van der Waals surface area contributed by atoms with Gasteiger partial charge in [0.25, 0.3) is 5.91 Å². The van der Waals surface area contributed by atoms with E-state index in [9.17, 15) is 13.6 Å². The average molecular weight is 318 g/mol. The molecule has 7 nitrogen and oxygen atoms in total. The van der Waals surface area contributed by atoms with Crippen molar-refractivity contribution in [2.75, 3.05) is 18.4 Å². The van der Waals surface area contributed by atoms with E-state index in [0.717, 1.165) is 12.1 Å². The van der Waals surface area contributed by atoms with Crippen molar-refractivity contribution in [3.05, 3.63) is 48.1 Å². The van der Waals surface area contributed by atoms with Crippen LogP contribution in [0.2, 0.25) is 0 Å². The summed E-state index contributed by atoms with van der Waals surface area (Å²) in [6.07, 6.45) is 2.85. The molecule has 0 aliphatic heterocycles. The number of H-pyrrole nitrogens is 1. The summed E-state index contributed by atoms with van der Waals surface area (Å²) < 4.78 is 26.9. The van der Waals surface area contributed by atoms with Crippen molar-refractivity contribution in [1.29, 1.82) is 0 Å². The van der Waals surface area contributed by atoms with Gasteiger partial charge >= 0.3 is 0 Å². The summed E-state index contributed by atoms with van der Waals surface area (Å²) in [4.78, 5) is 26.7. The van der Waals surface area contributed by atoms with E-state index in [4.69, 9.17) is 0 Å². The number of anilines is 1. The second kappa shape index (κ2) is 6.34. The summed E-state index contributed by atoms with van der Waals surface area (Å²) in [7, 11) is 0.